The number of carbonyl (C=O) groups is 1. The maximum absolute atomic E-state index is 13.6. The molecule has 12 heteroatoms. The number of nitrogens with zero attached hydrogens (tertiary/aromatic N) is 2. The van der Waals surface area contributed by atoms with E-state index in [1.165, 1.54) is 17.7 Å². The molecule has 4 nitrogen and oxygen atoms in total. The van der Waals surface area contributed by atoms with Crippen LogP contribution in [0.2, 0.25) is 0 Å². The topological polar surface area (TPSA) is 46.9 Å². The second-order valence-electron chi connectivity index (χ2n) is 4.41. The molecule has 1 aromatic heterocycles. The minimum Gasteiger partial charge on any atom is -0.319 e. The van der Waals surface area contributed by atoms with E-state index in [1.54, 1.807) is 0 Å². The first-order valence-electron chi connectivity index (χ1n) is 5.93. The van der Waals surface area contributed by atoms with E-state index >= 15 is 0 Å². The predicted octanol–water partition coefficient (Wildman–Crippen LogP) is 3.86. The van der Waals surface area contributed by atoms with Gasteiger partial charge in [0, 0.05) is 6.20 Å². The summed E-state index contributed by atoms with van der Waals surface area (Å²) in [5.41, 5.74) is -4.37. The highest BCUT2D eigenvalue weighted by molar-refractivity contribution is 9.10. The zero-order chi connectivity index (χ0) is 18.2. The van der Waals surface area contributed by atoms with E-state index in [9.17, 15) is 35.5 Å². The fourth-order valence-corrected chi connectivity index (χ4v) is 2.07. The van der Waals surface area contributed by atoms with Crippen LogP contribution in [0.4, 0.5) is 36.4 Å². The Morgan fingerprint density at radius 3 is 2.08 bits per heavy atom. The standard InChI is InChI=1S/C12H5BrF7N3O/c13-4-1-21-23(2-4)3-5(24)22-11-9(16)7(14)6(12(18,19)20)8(15)10(11)17/h1-2H,3H2,(H,22,24). The molecule has 0 unspecified atom stereocenters. The van der Waals surface area contributed by atoms with Crippen LogP contribution in [0.25, 0.3) is 0 Å². The van der Waals surface area contributed by atoms with Crippen LogP contribution in [-0.2, 0) is 17.5 Å². The summed E-state index contributed by atoms with van der Waals surface area (Å²) in [6.45, 7) is -0.602. The van der Waals surface area contributed by atoms with Crippen molar-refractivity contribution >= 4 is 27.5 Å². The van der Waals surface area contributed by atoms with Crippen LogP contribution < -0.4 is 5.32 Å². The molecule has 1 amide bonds. The molecular formula is C12H5BrF7N3O. The number of halogens is 8. The van der Waals surface area contributed by atoms with Crippen LogP contribution in [0.15, 0.2) is 16.9 Å². The average molecular weight is 420 g/mol. The van der Waals surface area contributed by atoms with E-state index in [0.29, 0.717) is 4.47 Å². The minimum atomic E-state index is -5.65. The van der Waals surface area contributed by atoms with Crippen LogP contribution in [0.1, 0.15) is 5.56 Å². The van der Waals surface area contributed by atoms with Crippen molar-refractivity contribution in [3.8, 4) is 0 Å². The van der Waals surface area contributed by atoms with Gasteiger partial charge in [0.2, 0.25) is 5.91 Å². The number of hydrogen-bond acceptors (Lipinski definition) is 2. The smallest absolute Gasteiger partial charge is 0.319 e. The third kappa shape index (κ3) is 3.52. The summed E-state index contributed by atoms with van der Waals surface area (Å²) >= 11 is 3.02. The number of carbonyl (C=O) groups excluding carboxylic acids is 1. The molecule has 0 atom stereocenters. The zero-order valence-corrected chi connectivity index (χ0v) is 12.8. The fraction of sp³-hybridized carbons (Fsp3) is 0.167. The van der Waals surface area contributed by atoms with Crippen LogP contribution in [-0.4, -0.2) is 15.7 Å². The molecule has 0 aliphatic heterocycles. The summed E-state index contributed by atoms with van der Waals surface area (Å²) in [5.74, 6) is -11.2. The Hall–Kier alpha value is -2.11. The first kappa shape index (κ1) is 18.2. The lowest BCUT2D eigenvalue weighted by Gasteiger charge is -2.14. The van der Waals surface area contributed by atoms with E-state index in [0.717, 1.165) is 4.68 Å². The van der Waals surface area contributed by atoms with Gasteiger partial charge in [0.15, 0.2) is 23.3 Å². The van der Waals surface area contributed by atoms with Crippen molar-refractivity contribution in [2.75, 3.05) is 5.32 Å². The summed E-state index contributed by atoms with van der Waals surface area (Å²) < 4.78 is 92.8. The predicted molar refractivity (Wildman–Crippen MR) is 69.8 cm³/mol. The highest BCUT2D eigenvalue weighted by Crippen LogP contribution is 2.38. The molecular weight excluding hydrogens is 415 g/mol. The Labute approximate surface area is 137 Å². The Bertz CT molecular complexity index is 774. The van der Waals surface area contributed by atoms with Crippen molar-refractivity contribution < 1.29 is 35.5 Å². The second-order valence-corrected chi connectivity index (χ2v) is 5.32. The molecule has 0 aliphatic rings. The first-order valence-corrected chi connectivity index (χ1v) is 6.72. The first-order chi connectivity index (χ1) is 11.0. The highest BCUT2D eigenvalue weighted by Gasteiger charge is 2.42. The fourth-order valence-electron chi connectivity index (χ4n) is 1.74. The molecule has 2 rings (SSSR count). The molecule has 0 saturated carbocycles. The lowest BCUT2D eigenvalue weighted by atomic mass is 10.1. The summed E-state index contributed by atoms with van der Waals surface area (Å²) in [7, 11) is 0. The van der Waals surface area contributed by atoms with Gasteiger partial charge in [-0.15, -0.1) is 0 Å². The molecule has 0 radical (unpaired) electrons. The Morgan fingerprint density at radius 1 is 1.12 bits per heavy atom. The van der Waals surface area contributed by atoms with Gasteiger partial charge in [-0.2, -0.15) is 18.3 Å². The Morgan fingerprint density at radius 2 is 1.67 bits per heavy atom. The summed E-state index contributed by atoms with van der Waals surface area (Å²) in [6.07, 6.45) is -3.06. The maximum Gasteiger partial charge on any atom is 0.422 e. The molecule has 1 N–H and O–H groups in total. The van der Waals surface area contributed by atoms with Gasteiger partial charge >= 0.3 is 6.18 Å². The summed E-state index contributed by atoms with van der Waals surface area (Å²) in [5, 5.41) is 5.13. The SMILES string of the molecule is O=C(Cn1cc(Br)cn1)Nc1c(F)c(F)c(C(F)(F)F)c(F)c1F. The van der Waals surface area contributed by atoms with Crippen molar-refractivity contribution in [3.63, 3.8) is 0 Å². The van der Waals surface area contributed by atoms with Gasteiger partial charge in [0.1, 0.15) is 17.8 Å². The molecule has 2 aromatic rings. The van der Waals surface area contributed by atoms with E-state index in [1.807, 2.05) is 0 Å². The number of hydrogen-bond donors (Lipinski definition) is 1. The Balaban J connectivity index is 2.36. The van der Waals surface area contributed by atoms with Gasteiger partial charge in [-0.05, 0) is 15.9 Å². The van der Waals surface area contributed by atoms with Crippen molar-refractivity contribution in [1.29, 1.82) is 0 Å². The molecule has 0 aliphatic carbocycles. The van der Waals surface area contributed by atoms with Crippen LogP contribution in [0, 0.1) is 23.3 Å². The van der Waals surface area contributed by atoms with Gasteiger partial charge in [-0.3, -0.25) is 9.48 Å². The third-order valence-corrected chi connectivity index (χ3v) is 3.13. The van der Waals surface area contributed by atoms with Gasteiger partial charge in [-0.1, -0.05) is 0 Å². The van der Waals surface area contributed by atoms with E-state index in [2.05, 4.69) is 21.0 Å². The minimum absolute atomic E-state index is 0.472. The van der Waals surface area contributed by atoms with Crippen LogP contribution in [0.5, 0.6) is 0 Å². The normalized spacial score (nSPS) is 11.7. The van der Waals surface area contributed by atoms with Gasteiger partial charge < -0.3 is 5.32 Å². The molecule has 0 spiro atoms. The number of nitrogens with one attached hydrogen (secondary N) is 1. The van der Waals surface area contributed by atoms with Gasteiger partial charge in [-0.25, -0.2) is 17.6 Å². The van der Waals surface area contributed by atoms with Gasteiger partial charge in [0.05, 0.1) is 10.7 Å². The molecule has 0 saturated heterocycles. The number of alkyl halides is 3. The second kappa shape index (κ2) is 6.42. The highest BCUT2D eigenvalue weighted by atomic mass is 79.9. The Kier molecular flexibility index (Phi) is 4.87. The summed E-state index contributed by atoms with van der Waals surface area (Å²) in [6, 6.07) is 0. The van der Waals surface area contributed by atoms with Crippen LogP contribution in [0.3, 0.4) is 0 Å². The molecule has 0 fully saturated rings. The number of amides is 1. The van der Waals surface area contributed by atoms with Crippen molar-refractivity contribution in [2.45, 2.75) is 12.7 Å². The number of anilines is 1. The van der Waals surface area contributed by atoms with Gasteiger partial charge in [0.25, 0.3) is 0 Å². The number of benzene rings is 1. The van der Waals surface area contributed by atoms with E-state index in [4.69, 9.17) is 0 Å². The quantitative estimate of drug-likeness (QED) is 0.606. The van der Waals surface area contributed by atoms with E-state index < -0.39 is 53.1 Å². The summed E-state index contributed by atoms with van der Waals surface area (Å²) in [4.78, 5) is 11.6. The van der Waals surface area contributed by atoms with E-state index in [-0.39, 0.29) is 0 Å². The number of rotatable bonds is 3. The lowest BCUT2D eigenvalue weighted by Crippen LogP contribution is -2.23. The molecule has 0 bridgehead atoms. The van der Waals surface area contributed by atoms with Crippen molar-refractivity contribution in [3.05, 3.63) is 45.7 Å². The zero-order valence-electron chi connectivity index (χ0n) is 11.2. The van der Waals surface area contributed by atoms with Crippen molar-refractivity contribution in [1.82, 2.24) is 9.78 Å². The lowest BCUT2D eigenvalue weighted by molar-refractivity contribution is -0.143. The van der Waals surface area contributed by atoms with Crippen molar-refractivity contribution in [2.24, 2.45) is 0 Å². The average Bonchev–Trinajstić information content (AvgIpc) is 2.85. The molecule has 24 heavy (non-hydrogen) atoms. The molecule has 1 heterocycles. The molecule has 1 aromatic carbocycles. The molecule has 130 valence electrons. The third-order valence-electron chi connectivity index (χ3n) is 2.72. The maximum atomic E-state index is 13.6. The van der Waals surface area contributed by atoms with Crippen LogP contribution >= 0.6 is 15.9 Å². The largest absolute Gasteiger partial charge is 0.422 e. The number of aromatic nitrogens is 2. The monoisotopic (exact) mass is 419 g/mol.